The summed E-state index contributed by atoms with van der Waals surface area (Å²) in [6, 6.07) is -13.5. The third kappa shape index (κ3) is 37.8. The molecule has 698 valence electrons. The topological polar surface area (TPSA) is 749 Å². The van der Waals surface area contributed by atoms with Gasteiger partial charge in [-0.05, 0) is 102 Å². The maximum atomic E-state index is 14.8. The molecular formula is C76H129N22O23PS2. The van der Waals surface area contributed by atoms with Gasteiger partial charge in [-0.15, -0.1) is 0 Å². The molecule has 4 heterocycles. The van der Waals surface area contributed by atoms with Gasteiger partial charge in [0.05, 0.1) is 68.8 Å². The number of H-pyrrole nitrogens is 1. The Balaban J connectivity index is 1.43. The van der Waals surface area contributed by atoms with Crippen LogP contribution in [-0.2, 0) is 92.0 Å². The molecule has 48 heteroatoms. The fraction of sp³-hybridized carbons (Fsp3) is 0.724. The molecule has 0 spiro atoms. The number of rotatable bonds is 63. The molecule has 45 nitrogen and oxygen atoms in total. The van der Waals surface area contributed by atoms with Gasteiger partial charge >= 0.3 is 13.8 Å². The predicted octanol–water partition coefficient (Wildman–Crippen LogP) is -4.13. The average Bonchev–Trinajstić information content (AvgIpc) is 1.58. The van der Waals surface area contributed by atoms with Crippen molar-refractivity contribution in [3.63, 3.8) is 0 Å². The number of carboxylic acid groups (broad SMARTS) is 1. The number of aromatic nitrogens is 2. The lowest BCUT2D eigenvalue weighted by atomic mass is 9.88. The number of hydrogen-bond donors (Lipinski definition) is 20. The summed E-state index contributed by atoms with van der Waals surface area (Å²) < 4.78 is 20.6. The second kappa shape index (κ2) is 56.5. The number of carbonyl (C=O) groups is 15. The van der Waals surface area contributed by atoms with Crippen molar-refractivity contribution in [1.29, 1.82) is 0 Å². The first kappa shape index (κ1) is 107. The van der Waals surface area contributed by atoms with Gasteiger partial charge in [0, 0.05) is 121 Å². The number of nitrogens with zero attached hydrogens (tertiary/aromatic N) is 7. The molecule has 4 rings (SSSR count). The van der Waals surface area contributed by atoms with Crippen LogP contribution in [0.15, 0.2) is 27.5 Å². The molecule has 0 aliphatic carbocycles. The highest BCUT2D eigenvalue weighted by molar-refractivity contribution is 8.76. The summed E-state index contributed by atoms with van der Waals surface area (Å²) in [6.45, 7) is 0.545. The first-order valence-electron chi connectivity index (χ1n) is 41.7. The highest BCUT2D eigenvalue weighted by Gasteiger charge is 2.46. The third-order valence-corrected chi connectivity index (χ3v) is 24.9. The van der Waals surface area contributed by atoms with Crippen molar-refractivity contribution in [3.05, 3.63) is 18.2 Å². The number of unbranched alkanes of at least 4 members (excludes halogenated alkanes) is 4. The summed E-state index contributed by atoms with van der Waals surface area (Å²) in [6.07, 6.45) is 5.93. The molecule has 10 amide bonds. The van der Waals surface area contributed by atoms with Gasteiger partial charge in [0.1, 0.15) is 42.0 Å². The predicted molar refractivity (Wildman–Crippen MR) is 457 cm³/mol. The van der Waals surface area contributed by atoms with Crippen LogP contribution < -0.4 is 77.8 Å². The Hall–Kier alpha value is -9.48. The van der Waals surface area contributed by atoms with Crippen LogP contribution >= 0.6 is 29.4 Å². The summed E-state index contributed by atoms with van der Waals surface area (Å²) in [5.41, 5.74) is 45.0. The van der Waals surface area contributed by atoms with Gasteiger partial charge in [-0.3, -0.25) is 91.1 Å². The van der Waals surface area contributed by atoms with Gasteiger partial charge in [-0.2, -0.15) is 0 Å². The fourth-order valence-electron chi connectivity index (χ4n) is 14.3. The van der Waals surface area contributed by atoms with E-state index in [0.717, 1.165) is 37.2 Å². The van der Waals surface area contributed by atoms with Crippen LogP contribution in [-0.4, -0.2) is 301 Å². The summed E-state index contributed by atoms with van der Waals surface area (Å²) in [5.74, 6) is -17.5. The summed E-state index contributed by atoms with van der Waals surface area (Å²) in [5, 5.41) is 57.4. The first-order chi connectivity index (χ1) is 58.9. The van der Waals surface area contributed by atoms with E-state index in [2.05, 4.69) is 61.4 Å². The number of amides is 10. The molecule has 3 saturated heterocycles. The molecule has 1 aromatic rings. The standard InChI is InChI=1S/C76H129N22O23PS2/c1-4-44(2)63(61(105)36-47(40-100)64(107)93-54(41-101)67(110)92-53(37-48-38-85-43-89-48)71(114)96-29-13-20-56(96)69(112)94-55(73(116)117)42-124-123-33-25-49(102)16-8-6-5-7-9-32-121-122(118,119)120-3)95-65(108)46(39-99)35-60(104)52(19-12-28-88-76(83)84)91-68(111)57-21-14-30-97(57)72(115)58-22-15-31-98(58)70(113)45(23-24-62(78)106)34-59(103)51(18-11-27-87-75(81)82)90-66(109)50(77)17-10-26-86-74(79)80/h38,43-47,50-58,63,99-101H,4-37,39-42,77H2,1-3H3,(H2,78,106)(H,85,89)(H,90,109)(H,91,111)(H,92,110)(H,93,107)(H,94,112)(H,95,108)(H,116,117)(H,118,119)(H4,79,80,86)(H4,81,82,87)(H4,83,84,88)/t44-,45+,46-,47-,50-,51-,52-,53-,54-,55-,56-,57-,58-,63?/m0/s1. The highest BCUT2D eigenvalue weighted by Crippen LogP contribution is 2.42. The number of aliphatic carboxylic acids is 1. The maximum absolute atomic E-state index is 14.8. The maximum Gasteiger partial charge on any atom is 0.471 e. The van der Waals surface area contributed by atoms with Crippen molar-refractivity contribution in [2.45, 2.75) is 241 Å². The van der Waals surface area contributed by atoms with Gasteiger partial charge in [-0.25, -0.2) is 14.3 Å². The minimum Gasteiger partial charge on any atom is -0.480 e. The minimum absolute atomic E-state index is 0.00101. The molecule has 3 aliphatic heterocycles. The number of aliphatic hydroxyl groups is 3. The van der Waals surface area contributed by atoms with Crippen molar-refractivity contribution in [1.82, 2.24) is 56.6 Å². The number of aliphatic imine (C=N–C) groups is 3. The van der Waals surface area contributed by atoms with Crippen LogP contribution in [0.3, 0.4) is 0 Å². The zero-order valence-corrected chi connectivity index (χ0v) is 73.2. The van der Waals surface area contributed by atoms with Gasteiger partial charge in [-0.1, -0.05) is 61.1 Å². The Labute approximate surface area is 727 Å². The number of ketones is 4. The number of phosphoric acid groups is 1. The number of carboxylic acids is 1. The molecule has 124 heavy (non-hydrogen) atoms. The molecule has 1 aromatic heterocycles. The lowest BCUT2D eigenvalue weighted by Gasteiger charge is -2.33. The van der Waals surface area contributed by atoms with Crippen LogP contribution in [0.5, 0.6) is 0 Å². The second-order valence-electron chi connectivity index (χ2n) is 30.9. The Morgan fingerprint density at radius 1 is 0.565 bits per heavy atom. The molecule has 3 aliphatic rings. The molecule has 0 aromatic carbocycles. The van der Waals surface area contributed by atoms with Gasteiger partial charge in [0.15, 0.2) is 35.2 Å². The Kier molecular flexibility index (Phi) is 48.7. The molecule has 15 atom stereocenters. The van der Waals surface area contributed by atoms with Crippen LogP contribution in [0.25, 0.3) is 0 Å². The fourth-order valence-corrected chi connectivity index (χ4v) is 17.0. The molecular weight excluding hydrogens is 1680 g/mol. The quantitative estimate of drug-likeness (QED) is 0.00968. The molecule has 0 radical (unpaired) electrons. The van der Waals surface area contributed by atoms with Crippen molar-refractivity contribution >= 4 is 135 Å². The summed E-state index contributed by atoms with van der Waals surface area (Å²) >= 11 is 0. The van der Waals surface area contributed by atoms with E-state index in [1.807, 2.05) is 0 Å². The SMILES string of the molecule is CC[C@H](C)C(NC(=O)[C@H](CO)CC(=O)[C@H](CCCN=C(N)N)NC(=O)[C@@H]1CCCN1C(=O)[C@@H]1CCCN1C(=O)[C@H](CCC(N)=O)CC(=O)[C@H](CCCN=C(N)N)NC(=O)[C@@H](N)CCCN=C(N)N)C(=O)C[C@@H](CO)C(=O)N[C@@H](CO)C(=O)N[C@@H](Cc1cnc[nH]1)C(=O)N1CCC[C@H]1C(=O)N[C@@H](CSSCCC(=O)CCCCCCCOP(=O)(O)OC)C(=O)O. The van der Waals surface area contributed by atoms with Crippen LogP contribution in [0, 0.1) is 23.7 Å². The molecule has 0 saturated carbocycles. The van der Waals surface area contributed by atoms with E-state index in [0.29, 0.717) is 56.4 Å². The number of primary amides is 1. The number of nitrogens with two attached hydrogens (primary N) is 8. The number of carbonyl (C=O) groups excluding carboxylic acids is 14. The summed E-state index contributed by atoms with van der Waals surface area (Å²) in [4.78, 5) is 240. The second-order valence-corrected chi connectivity index (χ2v) is 35.1. The molecule has 2 unspecified atom stereocenters. The van der Waals surface area contributed by atoms with Crippen LogP contribution in [0.1, 0.15) is 180 Å². The minimum atomic E-state index is -4.03. The van der Waals surface area contributed by atoms with Crippen molar-refractivity contribution in [3.8, 4) is 0 Å². The highest BCUT2D eigenvalue weighted by atomic mass is 33.1. The number of guanidine groups is 3. The van der Waals surface area contributed by atoms with Gasteiger partial charge in [0.2, 0.25) is 59.1 Å². The van der Waals surface area contributed by atoms with Crippen molar-refractivity contribution < 1.29 is 111 Å². The van der Waals surface area contributed by atoms with Gasteiger partial charge < -0.3 is 123 Å². The average molecular weight is 1810 g/mol. The number of Topliss-reactive ketones (excluding diaryl/α,β-unsaturated/α-hetero) is 4. The molecule has 28 N–H and O–H groups in total. The lowest BCUT2D eigenvalue weighted by molar-refractivity contribution is -0.149. The largest absolute Gasteiger partial charge is 0.480 e. The number of aromatic amines is 1. The van der Waals surface area contributed by atoms with Crippen LogP contribution in [0.4, 0.5) is 0 Å². The van der Waals surface area contributed by atoms with E-state index >= 15 is 0 Å². The van der Waals surface area contributed by atoms with E-state index in [9.17, 15) is 102 Å². The monoisotopic (exact) mass is 1810 g/mol. The normalized spacial score (nSPS) is 18.2. The molecule has 3 fully saturated rings. The lowest BCUT2D eigenvalue weighted by Crippen LogP contribution is -2.59. The first-order valence-corrected chi connectivity index (χ1v) is 45.7. The zero-order valence-electron chi connectivity index (χ0n) is 70.7. The van der Waals surface area contributed by atoms with Crippen LogP contribution in [0.2, 0.25) is 0 Å². The number of nitrogens with one attached hydrogen (secondary N) is 7. The number of hydrogen-bond acceptors (Lipinski definition) is 28. The van der Waals surface area contributed by atoms with E-state index in [4.69, 9.17) is 50.4 Å². The summed E-state index contributed by atoms with van der Waals surface area (Å²) in [7, 11) is -0.581. The third-order valence-electron chi connectivity index (χ3n) is 21.5. The Morgan fingerprint density at radius 3 is 1.60 bits per heavy atom. The molecule has 0 bridgehead atoms. The number of aliphatic hydroxyl groups excluding tert-OH is 3. The van der Waals surface area contributed by atoms with E-state index in [1.165, 1.54) is 38.0 Å². The Morgan fingerprint density at radius 2 is 1.06 bits per heavy atom. The number of likely N-dealkylation sites (tertiary alicyclic amines) is 3. The van der Waals surface area contributed by atoms with E-state index in [-0.39, 0.29) is 159 Å². The number of phosphoric ester groups is 1. The van der Waals surface area contributed by atoms with E-state index < -0.39 is 213 Å². The van der Waals surface area contributed by atoms with Crippen molar-refractivity contribution in [2.75, 3.05) is 84.3 Å². The number of imidazole rings is 1. The smallest absolute Gasteiger partial charge is 0.471 e. The van der Waals surface area contributed by atoms with Crippen molar-refractivity contribution in [2.24, 2.45) is 84.5 Å². The Bertz CT molecular complexity index is 3840. The van der Waals surface area contributed by atoms with E-state index in [1.54, 1.807) is 13.8 Å². The zero-order chi connectivity index (χ0) is 92.2. The van der Waals surface area contributed by atoms with Gasteiger partial charge in [0.25, 0.3) is 0 Å².